The average molecular weight is 1000 g/mol. The van der Waals surface area contributed by atoms with Crippen molar-refractivity contribution in [3.63, 3.8) is 0 Å². The molecule has 6 nitrogen and oxygen atoms in total. The van der Waals surface area contributed by atoms with Crippen LogP contribution < -0.4 is 0 Å². The standard InChI is InChI=1S/C65H126O6/c1-5-8-10-12-14-16-18-20-22-29-33-37-41-45-49-53-57-64(67)70-60-62(59-69-63(66)56-52-48-44-40-36-32-27-21-19-17-15-13-11-9-6-2)71-65(68)58-54-50-46-42-38-34-30-26-24-23-25-28-31-35-39-43-47-51-55-61(4)7-3/h61-62H,5-60H2,1-4H3/t61?,62-/m1/s1. The van der Waals surface area contributed by atoms with Gasteiger partial charge in [0.15, 0.2) is 6.10 Å². The second-order valence-corrected chi connectivity index (χ2v) is 22.6. The number of rotatable bonds is 60. The van der Waals surface area contributed by atoms with Crippen LogP contribution >= 0.6 is 0 Å². The maximum atomic E-state index is 12.9. The van der Waals surface area contributed by atoms with Crippen molar-refractivity contribution in [2.75, 3.05) is 13.2 Å². The molecule has 71 heavy (non-hydrogen) atoms. The number of ether oxygens (including phenoxy) is 3. The van der Waals surface area contributed by atoms with Crippen molar-refractivity contribution in [3.8, 4) is 0 Å². The van der Waals surface area contributed by atoms with Gasteiger partial charge in [0.05, 0.1) is 0 Å². The van der Waals surface area contributed by atoms with Crippen LogP contribution in [0.25, 0.3) is 0 Å². The molecule has 0 aromatic heterocycles. The van der Waals surface area contributed by atoms with Crippen LogP contribution in [0.3, 0.4) is 0 Å². The first-order valence-corrected chi connectivity index (χ1v) is 32.4. The van der Waals surface area contributed by atoms with Crippen molar-refractivity contribution in [1.29, 1.82) is 0 Å². The largest absolute Gasteiger partial charge is 0.462 e. The first-order chi connectivity index (χ1) is 34.9. The highest BCUT2D eigenvalue weighted by atomic mass is 16.6. The van der Waals surface area contributed by atoms with Gasteiger partial charge in [-0.25, -0.2) is 0 Å². The van der Waals surface area contributed by atoms with Crippen LogP contribution in [0.1, 0.15) is 374 Å². The summed E-state index contributed by atoms with van der Waals surface area (Å²) >= 11 is 0. The Morgan fingerprint density at radius 2 is 0.493 bits per heavy atom. The van der Waals surface area contributed by atoms with Crippen molar-refractivity contribution in [2.45, 2.75) is 381 Å². The minimum absolute atomic E-state index is 0.0610. The Morgan fingerprint density at radius 1 is 0.282 bits per heavy atom. The van der Waals surface area contributed by atoms with Gasteiger partial charge in [0.2, 0.25) is 0 Å². The third kappa shape index (κ3) is 57.5. The molecule has 0 saturated carbocycles. The molecule has 0 aromatic carbocycles. The summed E-state index contributed by atoms with van der Waals surface area (Å²) in [5.74, 6) is 0.0830. The van der Waals surface area contributed by atoms with Gasteiger partial charge in [-0.05, 0) is 25.2 Å². The Balaban J connectivity index is 4.26. The number of unbranched alkanes of at least 4 members (excludes halogenated alkanes) is 46. The molecule has 0 aliphatic carbocycles. The molecule has 0 heterocycles. The first kappa shape index (κ1) is 69.4. The molecule has 6 heteroatoms. The quantitative estimate of drug-likeness (QED) is 0.0343. The number of hydrogen-bond acceptors (Lipinski definition) is 6. The monoisotopic (exact) mass is 1000 g/mol. The number of carbonyl (C=O) groups is 3. The van der Waals surface area contributed by atoms with Crippen molar-refractivity contribution >= 4 is 17.9 Å². The maximum Gasteiger partial charge on any atom is 0.306 e. The summed E-state index contributed by atoms with van der Waals surface area (Å²) in [6.45, 7) is 9.13. The van der Waals surface area contributed by atoms with Gasteiger partial charge in [0, 0.05) is 19.3 Å². The van der Waals surface area contributed by atoms with Gasteiger partial charge in [-0.1, -0.05) is 336 Å². The van der Waals surface area contributed by atoms with Crippen molar-refractivity contribution in [3.05, 3.63) is 0 Å². The van der Waals surface area contributed by atoms with Crippen LogP contribution in [0.5, 0.6) is 0 Å². The topological polar surface area (TPSA) is 78.9 Å². The molecule has 0 radical (unpaired) electrons. The van der Waals surface area contributed by atoms with E-state index in [4.69, 9.17) is 14.2 Å². The van der Waals surface area contributed by atoms with E-state index in [9.17, 15) is 14.4 Å². The summed E-state index contributed by atoms with van der Waals surface area (Å²) < 4.78 is 17.0. The Kier molecular flexibility index (Phi) is 58.0. The fraction of sp³-hybridized carbons (Fsp3) is 0.954. The zero-order chi connectivity index (χ0) is 51.6. The number of hydrogen-bond donors (Lipinski definition) is 0. The maximum absolute atomic E-state index is 12.9. The van der Waals surface area contributed by atoms with Gasteiger partial charge in [0.1, 0.15) is 13.2 Å². The van der Waals surface area contributed by atoms with Crippen LogP contribution in [-0.4, -0.2) is 37.2 Å². The lowest BCUT2D eigenvalue weighted by molar-refractivity contribution is -0.167. The fourth-order valence-corrected chi connectivity index (χ4v) is 10.1. The van der Waals surface area contributed by atoms with Gasteiger partial charge in [-0.15, -0.1) is 0 Å². The molecule has 0 aliphatic rings. The summed E-state index contributed by atoms with van der Waals surface area (Å²) in [5.41, 5.74) is 0. The van der Waals surface area contributed by atoms with Gasteiger partial charge < -0.3 is 14.2 Å². The van der Waals surface area contributed by atoms with Crippen LogP contribution in [0, 0.1) is 5.92 Å². The van der Waals surface area contributed by atoms with E-state index in [-0.39, 0.29) is 31.1 Å². The van der Waals surface area contributed by atoms with E-state index in [1.54, 1.807) is 0 Å². The van der Waals surface area contributed by atoms with Gasteiger partial charge >= 0.3 is 17.9 Å². The Labute approximate surface area is 444 Å². The van der Waals surface area contributed by atoms with E-state index in [1.807, 2.05) is 0 Å². The molecule has 422 valence electrons. The van der Waals surface area contributed by atoms with Crippen LogP contribution in [0.2, 0.25) is 0 Å². The molecule has 2 atom stereocenters. The Morgan fingerprint density at radius 3 is 0.732 bits per heavy atom. The van der Waals surface area contributed by atoms with E-state index in [0.717, 1.165) is 63.7 Å². The zero-order valence-corrected chi connectivity index (χ0v) is 48.7. The molecule has 0 bridgehead atoms. The normalized spacial score (nSPS) is 12.3. The molecule has 0 rings (SSSR count). The average Bonchev–Trinajstić information content (AvgIpc) is 3.37. The molecule has 0 N–H and O–H groups in total. The van der Waals surface area contributed by atoms with E-state index in [2.05, 4.69) is 27.7 Å². The molecule has 0 saturated heterocycles. The lowest BCUT2D eigenvalue weighted by Gasteiger charge is -2.18. The SMILES string of the molecule is CCCCCCCCCCCCCCCCCCC(=O)OC[C@@H](COC(=O)CCCCCCCCCCCCCCCCC)OC(=O)CCCCCCCCCCCCCCCCCCCCC(C)CC. The summed E-state index contributed by atoms with van der Waals surface area (Å²) in [6.07, 6.45) is 66.7. The number of carbonyl (C=O) groups excluding carboxylic acids is 3. The molecule has 0 aromatic rings. The second-order valence-electron chi connectivity index (χ2n) is 22.6. The Hall–Kier alpha value is -1.59. The van der Waals surface area contributed by atoms with Crippen LogP contribution in [0.15, 0.2) is 0 Å². The lowest BCUT2D eigenvalue weighted by atomic mass is 9.99. The van der Waals surface area contributed by atoms with E-state index in [0.29, 0.717) is 19.3 Å². The van der Waals surface area contributed by atoms with E-state index >= 15 is 0 Å². The summed E-state index contributed by atoms with van der Waals surface area (Å²) in [7, 11) is 0. The highest BCUT2D eigenvalue weighted by Crippen LogP contribution is 2.19. The molecule has 1 unspecified atom stereocenters. The molecular formula is C65H126O6. The second kappa shape index (κ2) is 59.3. The third-order valence-electron chi connectivity index (χ3n) is 15.4. The first-order valence-electron chi connectivity index (χ1n) is 32.4. The summed E-state index contributed by atoms with van der Waals surface area (Å²) in [6, 6.07) is 0. The number of esters is 3. The minimum Gasteiger partial charge on any atom is -0.462 e. The Bertz CT molecular complexity index is 1080. The van der Waals surface area contributed by atoms with Crippen LogP contribution in [-0.2, 0) is 28.6 Å². The fourth-order valence-electron chi connectivity index (χ4n) is 10.1. The smallest absolute Gasteiger partial charge is 0.306 e. The van der Waals surface area contributed by atoms with Gasteiger partial charge in [-0.2, -0.15) is 0 Å². The third-order valence-corrected chi connectivity index (χ3v) is 15.4. The van der Waals surface area contributed by atoms with Crippen LogP contribution in [0.4, 0.5) is 0 Å². The molecule has 0 spiro atoms. The highest BCUT2D eigenvalue weighted by Gasteiger charge is 2.19. The van der Waals surface area contributed by atoms with E-state index < -0.39 is 6.10 Å². The summed E-state index contributed by atoms with van der Waals surface area (Å²) in [5, 5.41) is 0. The molecule has 0 fully saturated rings. The van der Waals surface area contributed by atoms with E-state index in [1.165, 1.54) is 270 Å². The van der Waals surface area contributed by atoms with Crippen molar-refractivity contribution in [1.82, 2.24) is 0 Å². The molecule has 0 amide bonds. The predicted molar refractivity (Wildman–Crippen MR) is 307 cm³/mol. The lowest BCUT2D eigenvalue weighted by Crippen LogP contribution is -2.30. The molecular weight excluding hydrogens is 877 g/mol. The van der Waals surface area contributed by atoms with Crippen molar-refractivity contribution < 1.29 is 28.6 Å². The predicted octanol–water partition coefficient (Wildman–Crippen LogP) is 21.7. The van der Waals surface area contributed by atoms with Gasteiger partial charge in [0.25, 0.3) is 0 Å². The summed E-state index contributed by atoms with van der Waals surface area (Å²) in [4.78, 5) is 38.3. The molecule has 0 aliphatic heterocycles. The van der Waals surface area contributed by atoms with Gasteiger partial charge in [-0.3, -0.25) is 14.4 Å². The van der Waals surface area contributed by atoms with Crippen molar-refractivity contribution in [2.24, 2.45) is 5.92 Å². The highest BCUT2D eigenvalue weighted by molar-refractivity contribution is 5.71. The zero-order valence-electron chi connectivity index (χ0n) is 48.7. The minimum atomic E-state index is -0.763.